The number of hydrogen-bond donors (Lipinski definition) is 2. The average Bonchev–Trinajstić information content (AvgIpc) is 2.61. The summed E-state index contributed by atoms with van der Waals surface area (Å²) in [7, 11) is -1.96. The number of carbonyl (C=O) groups excluding carboxylic acids is 1. The van der Waals surface area contributed by atoms with E-state index in [0.717, 1.165) is 19.5 Å². The second kappa shape index (κ2) is 8.78. The summed E-state index contributed by atoms with van der Waals surface area (Å²) >= 11 is 0. The summed E-state index contributed by atoms with van der Waals surface area (Å²) < 4.78 is 26.2. The van der Waals surface area contributed by atoms with Crippen LogP contribution in [0.5, 0.6) is 0 Å². The minimum atomic E-state index is -3.52. The van der Waals surface area contributed by atoms with Crippen molar-refractivity contribution < 1.29 is 13.2 Å². The SMILES string of the molecule is CC(C)N(C)S(=O)(=O)c1ccc(C(=O)NCCC2CCCNC2)cc1. The number of nitrogens with zero attached hydrogens (tertiary/aromatic N) is 1. The Kier molecular flexibility index (Phi) is 6.98. The van der Waals surface area contributed by atoms with E-state index in [-0.39, 0.29) is 16.8 Å². The quantitative estimate of drug-likeness (QED) is 0.771. The van der Waals surface area contributed by atoms with Gasteiger partial charge in [0.2, 0.25) is 10.0 Å². The van der Waals surface area contributed by atoms with E-state index in [0.29, 0.717) is 18.0 Å². The third kappa shape index (κ3) is 5.26. The lowest BCUT2D eigenvalue weighted by Gasteiger charge is -2.22. The van der Waals surface area contributed by atoms with E-state index in [1.54, 1.807) is 19.2 Å². The van der Waals surface area contributed by atoms with E-state index in [1.165, 1.54) is 29.3 Å². The molecular formula is C18H29N3O3S. The first-order chi connectivity index (χ1) is 11.8. The predicted molar refractivity (Wildman–Crippen MR) is 99.1 cm³/mol. The van der Waals surface area contributed by atoms with Crippen molar-refractivity contribution in [1.29, 1.82) is 0 Å². The van der Waals surface area contributed by atoms with Gasteiger partial charge < -0.3 is 10.6 Å². The molecule has 1 fully saturated rings. The molecule has 1 amide bonds. The second-order valence-electron chi connectivity index (χ2n) is 6.90. The largest absolute Gasteiger partial charge is 0.352 e. The van der Waals surface area contributed by atoms with Crippen LogP contribution in [0.2, 0.25) is 0 Å². The summed E-state index contributed by atoms with van der Waals surface area (Å²) in [6.45, 7) is 6.39. The van der Waals surface area contributed by atoms with E-state index in [1.807, 2.05) is 13.8 Å². The van der Waals surface area contributed by atoms with Gasteiger partial charge in [0, 0.05) is 25.2 Å². The minimum absolute atomic E-state index is 0.123. The lowest BCUT2D eigenvalue weighted by molar-refractivity contribution is 0.0950. The normalized spacial score (nSPS) is 18.5. The van der Waals surface area contributed by atoms with Gasteiger partial charge in [0.15, 0.2) is 0 Å². The number of piperidine rings is 1. The lowest BCUT2D eigenvalue weighted by atomic mass is 9.96. The monoisotopic (exact) mass is 367 g/mol. The van der Waals surface area contributed by atoms with Crippen LogP contribution < -0.4 is 10.6 Å². The first-order valence-corrected chi connectivity index (χ1v) is 10.3. The van der Waals surface area contributed by atoms with Crippen LogP contribution in [0.3, 0.4) is 0 Å². The molecule has 0 aliphatic carbocycles. The highest BCUT2D eigenvalue weighted by molar-refractivity contribution is 7.89. The van der Waals surface area contributed by atoms with Crippen LogP contribution >= 0.6 is 0 Å². The van der Waals surface area contributed by atoms with Crippen LogP contribution in [0.4, 0.5) is 0 Å². The molecule has 1 aliphatic heterocycles. The molecule has 0 saturated carbocycles. The van der Waals surface area contributed by atoms with Crippen molar-refractivity contribution in [3.63, 3.8) is 0 Å². The van der Waals surface area contributed by atoms with Crippen molar-refractivity contribution in [3.8, 4) is 0 Å². The highest BCUT2D eigenvalue weighted by Gasteiger charge is 2.23. The Morgan fingerprint density at radius 1 is 1.32 bits per heavy atom. The number of amides is 1. The Morgan fingerprint density at radius 2 is 2.00 bits per heavy atom. The molecule has 1 heterocycles. The van der Waals surface area contributed by atoms with Gasteiger partial charge in [-0.2, -0.15) is 4.31 Å². The Balaban J connectivity index is 1.91. The van der Waals surface area contributed by atoms with Crippen LogP contribution in [-0.2, 0) is 10.0 Å². The standard InChI is InChI=1S/C18H29N3O3S/c1-14(2)21(3)25(23,24)17-8-6-16(7-9-17)18(22)20-12-10-15-5-4-11-19-13-15/h6-9,14-15,19H,4-5,10-13H2,1-3H3,(H,20,22). The molecule has 1 atom stereocenters. The maximum absolute atomic E-state index is 12.4. The van der Waals surface area contributed by atoms with Crippen molar-refractivity contribution in [2.75, 3.05) is 26.7 Å². The van der Waals surface area contributed by atoms with Gasteiger partial charge in [-0.05, 0) is 76.4 Å². The molecule has 2 rings (SSSR count). The fraction of sp³-hybridized carbons (Fsp3) is 0.611. The predicted octanol–water partition coefficient (Wildman–Crippen LogP) is 1.83. The molecule has 1 aromatic carbocycles. The van der Waals surface area contributed by atoms with Crippen LogP contribution in [0.1, 0.15) is 43.5 Å². The second-order valence-corrected chi connectivity index (χ2v) is 8.89. The summed E-state index contributed by atoms with van der Waals surface area (Å²) in [5, 5.41) is 6.29. The van der Waals surface area contributed by atoms with Crippen LogP contribution in [0.15, 0.2) is 29.2 Å². The average molecular weight is 368 g/mol. The molecule has 7 heteroatoms. The molecule has 25 heavy (non-hydrogen) atoms. The molecular weight excluding hydrogens is 338 g/mol. The third-order valence-corrected chi connectivity index (χ3v) is 6.81. The van der Waals surface area contributed by atoms with E-state index in [2.05, 4.69) is 10.6 Å². The van der Waals surface area contributed by atoms with E-state index in [4.69, 9.17) is 0 Å². The smallest absolute Gasteiger partial charge is 0.251 e. The minimum Gasteiger partial charge on any atom is -0.352 e. The Morgan fingerprint density at radius 3 is 2.56 bits per heavy atom. The zero-order valence-electron chi connectivity index (χ0n) is 15.3. The highest BCUT2D eigenvalue weighted by Crippen LogP contribution is 2.17. The van der Waals surface area contributed by atoms with Gasteiger partial charge in [-0.25, -0.2) is 8.42 Å². The van der Waals surface area contributed by atoms with Crippen LogP contribution in [-0.4, -0.2) is 51.4 Å². The molecule has 0 radical (unpaired) electrons. The number of benzene rings is 1. The molecule has 140 valence electrons. The summed E-state index contributed by atoms with van der Waals surface area (Å²) in [5.74, 6) is 0.457. The molecule has 1 aromatic rings. The van der Waals surface area contributed by atoms with E-state index in [9.17, 15) is 13.2 Å². The lowest BCUT2D eigenvalue weighted by Crippen LogP contribution is -2.33. The van der Waals surface area contributed by atoms with Crippen molar-refractivity contribution in [2.45, 2.75) is 44.0 Å². The van der Waals surface area contributed by atoms with Crippen molar-refractivity contribution >= 4 is 15.9 Å². The number of carbonyl (C=O) groups is 1. The number of hydrogen-bond acceptors (Lipinski definition) is 4. The van der Waals surface area contributed by atoms with Gasteiger partial charge in [0.1, 0.15) is 0 Å². The number of nitrogens with one attached hydrogen (secondary N) is 2. The zero-order chi connectivity index (χ0) is 18.4. The van der Waals surface area contributed by atoms with Gasteiger partial charge in [-0.1, -0.05) is 0 Å². The molecule has 0 aromatic heterocycles. The molecule has 0 bridgehead atoms. The van der Waals surface area contributed by atoms with Gasteiger partial charge in [-0.3, -0.25) is 4.79 Å². The van der Waals surface area contributed by atoms with Crippen molar-refractivity contribution in [2.24, 2.45) is 5.92 Å². The number of rotatable bonds is 7. The Labute approximate surface area is 151 Å². The zero-order valence-corrected chi connectivity index (χ0v) is 16.1. The molecule has 0 spiro atoms. The topological polar surface area (TPSA) is 78.5 Å². The Hall–Kier alpha value is -1.44. The molecule has 6 nitrogen and oxygen atoms in total. The van der Waals surface area contributed by atoms with Crippen molar-refractivity contribution in [3.05, 3.63) is 29.8 Å². The van der Waals surface area contributed by atoms with Gasteiger partial charge in [-0.15, -0.1) is 0 Å². The van der Waals surface area contributed by atoms with Gasteiger partial charge in [0.05, 0.1) is 4.90 Å². The summed E-state index contributed by atoms with van der Waals surface area (Å²) in [6, 6.07) is 6.00. The number of sulfonamides is 1. The van der Waals surface area contributed by atoms with Gasteiger partial charge in [0.25, 0.3) is 5.91 Å². The maximum atomic E-state index is 12.4. The maximum Gasteiger partial charge on any atom is 0.251 e. The van der Waals surface area contributed by atoms with Crippen LogP contribution in [0.25, 0.3) is 0 Å². The first-order valence-electron chi connectivity index (χ1n) is 8.89. The van der Waals surface area contributed by atoms with E-state index < -0.39 is 10.0 Å². The third-order valence-electron chi connectivity index (χ3n) is 4.76. The van der Waals surface area contributed by atoms with Gasteiger partial charge >= 0.3 is 0 Å². The molecule has 1 unspecified atom stereocenters. The van der Waals surface area contributed by atoms with Crippen molar-refractivity contribution in [1.82, 2.24) is 14.9 Å². The summed E-state index contributed by atoms with van der Waals surface area (Å²) in [6.07, 6.45) is 3.36. The molecule has 1 saturated heterocycles. The Bertz CT molecular complexity index is 665. The fourth-order valence-corrected chi connectivity index (χ4v) is 4.25. The molecule has 1 aliphatic rings. The summed E-state index contributed by atoms with van der Waals surface area (Å²) in [5.41, 5.74) is 0.480. The van der Waals surface area contributed by atoms with Crippen LogP contribution in [0, 0.1) is 5.92 Å². The first kappa shape index (κ1) is 19.9. The fourth-order valence-electron chi connectivity index (χ4n) is 2.88. The molecule has 2 N–H and O–H groups in total. The summed E-state index contributed by atoms with van der Waals surface area (Å²) in [4.78, 5) is 12.4. The van der Waals surface area contributed by atoms with E-state index >= 15 is 0 Å². The highest BCUT2D eigenvalue weighted by atomic mass is 32.2.